The Morgan fingerprint density at radius 2 is 1.95 bits per heavy atom. The first kappa shape index (κ1) is 17.4. The number of hydrogen-bond acceptors (Lipinski definition) is 4. The third kappa shape index (κ3) is 3.67. The molecule has 2 aliphatic rings. The summed E-state index contributed by atoms with van der Waals surface area (Å²) in [5, 5.41) is 2.99. The van der Waals surface area contributed by atoms with Gasteiger partial charge in [0.15, 0.2) is 0 Å². The molecule has 1 aromatic heterocycles. The lowest BCUT2D eigenvalue weighted by Gasteiger charge is -2.19. The van der Waals surface area contributed by atoms with Crippen molar-refractivity contribution in [1.29, 1.82) is 0 Å². The number of rotatable bonds is 2. The van der Waals surface area contributed by atoms with Crippen LogP contribution in [0.2, 0.25) is 0 Å². The van der Waals surface area contributed by atoms with Crippen molar-refractivity contribution in [2.24, 2.45) is 11.8 Å². The predicted octanol–water partition coefficient (Wildman–Crippen LogP) is 2.41. The lowest BCUT2D eigenvalue weighted by Crippen LogP contribution is -2.32. The lowest BCUT2D eigenvalue weighted by molar-refractivity contribution is -0.0329. The van der Waals surface area contributed by atoms with Gasteiger partial charge in [0.25, 0.3) is 5.91 Å². The third-order valence-corrected chi connectivity index (χ3v) is 4.64. The molecule has 4 nitrogen and oxygen atoms in total. The van der Waals surface area contributed by atoms with Crippen LogP contribution in [-0.4, -0.2) is 47.5 Å². The summed E-state index contributed by atoms with van der Waals surface area (Å²) < 4.78 is 37.6. The summed E-state index contributed by atoms with van der Waals surface area (Å²) in [6.45, 7) is 2.93. The van der Waals surface area contributed by atoms with Crippen molar-refractivity contribution in [2.45, 2.75) is 10.5 Å². The largest absolute Gasteiger partial charge is 0.447 e. The van der Waals surface area contributed by atoms with E-state index in [1.54, 1.807) is 4.90 Å². The number of pyridine rings is 1. The van der Waals surface area contributed by atoms with Crippen LogP contribution in [0.5, 0.6) is 0 Å². The zero-order chi connectivity index (χ0) is 15.0. The highest BCUT2D eigenvalue weighted by Gasteiger charge is 2.39. The van der Waals surface area contributed by atoms with Crippen LogP contribution in [-0.2, 0) is 0 Å². The molecule has 0 radical (unpaired) electrons. The van der Waals surface area contributed by atoms with Crippen LogP contribution < -0.4 is 5.32 Å². The van der Waals surface area contributed by atoms with Gasteiger partial charge in [-0.1, -0.05) is 0 Å². The molecule has 0 unspecified atom stereocenters. The summed E-state index contributed by atoms with van der Waals surface area (Å²) in [5.74, 6) is 0.456. The van der Waals surface area contributed by atoms with Gasteiger partial charge in [0, 0.05) is 44.1 Å². The second kappa shape index (κ2) is 6.64. The van der Waals surface area contributed by atoms with Gasteiger partial charge in [-0.25, -0.2) is 4.98 Å². The van der Waals surface area contributed by atoms with Crippen LogP contribution in [0.25, 0.3) is 0 Å². The highest BCUT2D eigenvalue weighted by Crippen LogP contribution is 2.38. The van der Waals surface area contributed by atoms with Crippen molar-refractivity contribution in [1.82, 2.24) is 15.2 Å². The predicted molar refractivity (Wildman–Crippen MR) is 79.2 cm³/mol. The average Bonchev–Trinajstić information content (AvgIpc) is 2.97. The molecule has 122 valence electrons. The molecule has 1 aromatic rings. The van der Waals surface area contributed by atoms with E-state index in [9.17, 15) is 18.0 Å². The molecule has 3 heterocycles. The van der Waals surface area contributed by atoms with Crippen molar-refractivity contribution < 1.29 is 18.0 Å². The zero-order valence-corrected chi connectivity index (χ0v) is 13.1. The average molecular weight is 354 g/mol. The fourth-order valence-corrected chi connectivity index (χ4v) is 3.53. The van der Waals surface area contributed by atoms with E-state index in [4.69, 9.17) is 0 Å². The molecule has 2 atom stereocenters. The van der Waals surface area contributed by atoms with Gasteiger partial charge in [-0.3, -0.25) is 4.79 Å². The zero-order valence-electron chi connectivity index (χ0n) is 11.5. The molecule has 1 N–H and O–H groups in total. The summed E-state index contributed by atoms with van der Waals surface area (Å²) in [6, 6.07) is 2.90. The molecule has 9 heteroatoms. The summed E-state index contributed by atoms with van der Waals surface area (Å²) >= 11 is -0.335. The van der Waals surface area contributed by atoms with Crippen molar-refractivity contribution >= 4 is 30.1 Å². The fourth-order valence-electron chi connectivity index (χ4n) is 2.94. The minimum Gasteiger partial charge on any atom is -0.338 e. The minimum absolute atomic E-state index is 0. The van der Waals surface area contributed by atoms with Crippen LogP contribution >= 0.6 is 24.2 Å². The van der Waals surface area contributed by atoms with Crippen LogP contribution in [0.4, 0.5) is 13.2 Å². The number of amides is 1. The van der Waals surface area contributed by atoms with Crippen LogP contribution in [0.15, 0.2) is 23.4 Å². The SMILES string of the molecule is Cl.O=C(c1cccnc1SC(F)(F)F)N1C[C@H]2CNC[C@H]2C1. The number of hydrogen-bond donors (Lipinski definition) is 1. The number of thioether (sulfide) groups is 1. The van der Waals surface area contributed by atoms with Gasteiger partial charge in [-0.15, -0.1) is 12.4 Å². The standard InChI is InChI=1S/C13H14F3N3OS.ClH/c14-13(15,16)21-11-10(2-1-3-18-11)12(20)19-6-8-4-17-5-9(8)7-19;/h1-3,8-9,17H,4-7H2;1H/t8-,9+;. The van der Waals surface area contributed by atoms with Crippen LogP contribution in [0.3, 0.4) is 0 Å². The fraction of sp³-hybridized carbons (Fsp3) is 0.538. The summed E-state index contributed by atoms with van der Waals surface area (Å²) in [5.41, 5.74) is -4.41. The summed E-state index contributed by atoms with van der Waals surface area (Å²) in [6.07, 6.45) is 1.27. The quantitative estimate of drug-likeness (QED) is 0.829. The topological polar surface area (TPSA) is 45.2 Å². The van der Waals surface area contributed by atoms with Crippen molar-refractivity contribution in [3.63, 3.8) is 0 Å². The number of halogens is 4. The van der Waals surface area contributed by atoms with E-state index in [0.29, 0.717) is 24.9 Å². The van der Waals surface area contributed by atoms with E-state index < -0.39 is 5.51 Å². The van der Waals surface area contributed by atoms with E-state index in [2.05, 4.69) is 10.3 Å². The molecule has 0 saturated carbocycles. The maximum atomic E-state index is 12.5. The Balaban J connectivity index is 0.00000176. The van der Waals surface area contributed by atoms with Crippen molar-refractivity contribution in [2.75, 3.05) is 26.2 Å². The molecule has 3 rings (SSSR count). The second-order valence-corrected chi connectivity index (χ2v) is 6.35. The molecule has 2 saturated heterocycles. The Kier molecular flexibility index (Phi) is 5.24. The second-order valence-electron chi connectivity index (χ2n) is 5.29. The van der Waals surface area contributed by atoms with Crippen molar-refractivity contribution in [3.8, 4) is 0 Å². The molecule has 0 aliphatic carbocycles. The van der Waals surface area contributed by atoms with Gasteiger partial charge in [0.2, 0.25) is 0 Å². The van der Waals surface area contributed by atoms with E-state index in [-0.39, 0.29) is 40.7 Å². The van der Waals surface area contributed by atoms with Gasteiger partial charge in [-0.2, -0.15) is 13.2 Å². The molecule has 22 heavy (non-hydrogen) atoms. The minimum atomic E-state index is -4.45. The van der Waals surface area contributed by atoms with Crippen LogP contribution in [0.1, 0.15) is 10.4 Å². The Bertz CT molecular complexity index is 546. The number of nitrogens with zero attached hydrogens (tertiary/aromatic N) is 2. The van der Waals surface area contributed by atoms with Crippen LogP contribution in [0, 0.1) is 11.8 Å². The molecular weight excluding hydrogens is 339 g/mol. The van der Waals surface area contributed by atoms with Gasteiger partial charge in [0.1, 0.15) is 5.03 Å². The smallest absolute Gasteiger partial charge is 0.338 e. The Morgan fingerprint density at radius 1 is 1.32 bits per heavy atom. The Labute approximate surface area is 136 Å². The van der Waals surface area contributed by atoms with E-state index in [1.165, 1.54) is 18.3 Å². The molecule has 0 aromatic carbocycles. The first-order chi connectivity index (χ1) is 9.94. The van der Waals surface area contributed by atoms with Gasteiger partial charge in [-0.05, 0) is 24.0 Å². The van der Waals surface area contributed by atoms with E-state index in [0.717, 1.165) is 13.1 Å². The lowest BCUT2D eigenvalue weighted by atomic mass is 10.0. The van der Waals surface area contributed by atoms with Gasteiger partial charge in [0.05, 0.1) is 5.56 Å². The maximum Gasteiger partial charge on any atom is 0.447 e. The summed E-state index contributed by atoms with van der Waals surface area (Å²) in [4.78, 5) is 17.8. The molecule has 2 fully saturated rings. The highest BCUT2D eigenvalue weighted by atomic mass is 35.5. The number of carbonyl (C=O) groups is 1. The molecule has 2 aliphatic heterocycles. The number of likely N-dealkylation sites (tertiary alicyclic amines) is 1. The number of nitrogens with one attached hydrogen (secondary N) is 1. The number of aromatic nitrogens is 1. The van der Waals surface area contributed by atoms with E-state index in [1.807, 2.05) is 0 Å². The maximum absolute atomic E-state index is 12.5. The molecule has 1 amide bonds. The van der Waals surface area contributed by atoms with E-state index >= 15 is 0 Å². The van der Waals surface area contributed by atoms with Crippen molar-refractivity contribution in [3.05, 3.63) is 23.9 Å². The van der Waals surface area contributed by atoms with Gasteiger partial charge < -0.3 is 10.2 Å². The molecule has 0 bridgehead atoms. The van der Waals surface area contributed by atoms with Gasteiger partial charge >= 0.3 is 5.51 Å². The molecule has 0 spiro atoms. The summed E-state index contributed by atoms with van der Waals surface area (Å²) in [7, 11) is 0. The first-order valence-corrected chi connectivity index (χ1v) is 7.46. The number of alkyl halides is 3. The first-order valence-electron chi connectivity index (χ1n) is 6.65. The normalized spacial score (nSPS) is 24.0. The molecular formula is C13H15ClF3N3OS. The highest BCUT2D eigenvalue weighted by molar-refractivity contribution is 8.00. The number of fused-ring (bicyclic) bond motifs is 1. The third-order valence-electron chi connectivity index (χ3n) is 3.89. The Hall–Kier alpha value is -0.990. The monoisotopic (exact) mass is 353 g/mol. The Morgan fingerprint density at radius 3 is 2.55 bits per heavy atom. The number of carbonyl (C=O) groups excluding carboxylic acids is 1.